The molecule has 0 spiro atoms. The molecule has 2 aromatic carbocycles. The van der Waals surface area contributed by atoms with Crippen LogP contribution in [0.2, 0.25) is 0 Å². The topological polar surface area (TPSA) is 83.7 Å². The van der Waals surface area contributed by atoms with Gasteiger partial charge in [0.15, 0.2) is 5.96 Å². The van der Waals surface area contributed by atoms with Gasteiger partial charge in [0.05, 0.1) is 25.4 Å². The molecular weight excluding hydrogens is 390 g/mol. The van der Waals surface area contributed by atoms with Gasteiger partial charge in [-0.15, -0.1) is 0 Å². The number of oxazole rings is 1. The summed E-state index contributed by atoms with van der Waals surface area (Å²) < 4.78 is 10.7. The average molecular weight is 422 g/mol. The molecule has 7 nitrogen and oxygen atoms in total. The molecule has 164 valence electrons. The summed E-state index contributed by atoms with van der Waals surface area (Å²) in [7, 11) is 1.70. The van der Waals surface area contributed by atoms with Crippen LogP contribution in [0.5, 0.6) is 0 Å². The zero-order valence-electron chi connectivity index (χ0n) is 18.4. The molecule has 7 heteroatoms. The monoisotopic (exact) mass is 421 g/mol. The normalized spacial score (nSPS) is 11.4. The summed E-state index contributed by atoms with van der Waals surface area (Å²) in [4.78, 5) is 9.25. The minimum absolute atomic E-state index is 0.531. The number of aliphatic imine (C=N–C) groups is 1. The Morgan fingerprint density at radius 1 is 1.06 bits per heavy atom. The van der Waals surface area contributed by atoms with Crippen LogP contribution < -0.4 is 16.0 Å². The van der Waals surface area contributed by atoms with Gasteiger partial charge >= 0.3 is 0 Å². The number of ether oxygens (including phenoxy) is 1. The van der Waals surface area contributed by atoms with Gasteiger partial charge in [0.2, 0.25) is 5.89 Å². The molecule has 3 rings (SSSR count). The van der Waals surface area contributed by atoms with Crippen molar-refractivity contribution in [2.45, 2.75) is 26.9 Å². The molecule has 3 N–H and O–H groups in total. The van der Waals surface area contributed by atoms with Crippen LogP contribution in [0.1, 0.15) is 23.7 Å². The summed E-state index contributed by atoms with van der Waals surface area (Å²) in [5.41, 5.74) is 5.22. The van der Waals surface area contributed by atoms with Crippen molar-refractivity contribution in [1.82, 2.24) is 15.6 Å². The van der Waals surface area contributed by atoms with Gasteiger partial charge in [-0.2, -0.15) is 0 Å². The van der Waals surface area contributed by atoms with Crippen molar-refractivity contribution in [3.05, 3.63) is 71.6 Å². The Bertz CT molecular complexity index is 949. The highest BCUT2D eigenvalue weighted by atomic mass is 16.5. The van der Waals surface area contributed by atoms with Crippen molar-refractivity contribution < 1.29 is 9.15 Å². The summed E-state index contributed by atoms with van der Waals surface area (Å²) in [6.07, 6.45) is 1.68. The lowest BCUT2D eigenvalue weighted by atomic mass is 10.1. The molecule has 0 atom stereocenters. The van der Waals surface area contributed by atoms with Crippen LogP contribution >= 0.6 is 0 Å². The smallest absolute Gasteiger partial charge is 0.226 e. The molecule has 0 fully saturated rings. The highest BCUT2D eigenvalue weighted by molar-refractivity contribution is 5.79. The molecule has 0 saturated carbocycles. The van der Waals surface area contributed by atoms with E-state index in [1.54, 1.807) is 13.4 Å². The molecule has 1 heterocycles. The molecule has 0 amide bonds. The quantitative estimate of drug-likeness (QED) is 0.261. The summed E-state index contributed by atoms with van der Waals surface area (Å²) in [5.74, 6) is 1.36. The lowest BCUT2D eigenvalue weighted by Gasteiger charge is -2.10. The first kappa shape index (κ1) is 22.4. The lowest BCUT2D eigenvalue weighted by molar-refractivity contribution is 0.211. The Hall–Kier alpha value is -3.32. The van der Waals surface area contributed by atoms with Crippen LogP contribution in [0.15, 0.2) is 64.2 Å². The first-order valence-corrected chi connectivity index (χ1v) is 10.5. The van der Waals surface area contributed by atoms with Crippen molar-refractivity contribution >= 4 is 11.6 Å². The van der Waals surface area contributed by atoms with E-state index in [1.807, 2.05) is 19.1 Å². The zero-order chi connectivity index (χ0) is 21.9. The fraction of sp³-hybridized carbons (Fsp3) is 0.333. The molecule has 0 radical (unpaired) electrons. The third-order valence-corrected chi connectivity index (χ3v) is 4.64. The first-order valence-electron chi connectivity index (χ1n) is 10.5. The maximum absolute atomic E-state index is 5.63. The van der Waals surface area contributed by atoms with E-state index in [4.69, 9.17) is 9.15 Å². The van der Waals surface area contributed by atoms with E-state index < -0.39 is 0 Å². The predicted molar refractivity (Wildman–Crippen MR) is 125 cm³/mol. The molecule has 0 unspecified atom stereocenters. The lowest BCUT2D eigenvalue weighted by Crippen LogP contribution is -2.36. The van der Waals surface area contributed by atoms with E-state index in [0.717, 1.165) is 41.6 Å². The van der Waals surface area contributed by atoms with Crippen molar-refractivity contribution in [2.24, 2.45) is 4.99 Å². The number of aryl methyl sites for hydroxylation is 1. The second-order valence-corrected chi connectivity index (χ2v) is 7.18. The summed E-state index contributed by atoms with van der Waals surface area (Å²) in [6, 6.07) is 16.4. The fourth-order valence-electron chi connectivity index (χ4n) is 2.93. The van der Waals surface area contributed by atoms with E-state index in [1.165, 1.54) is 5.56 Å². The molecule has 1 aromatic heterocycles. The van der Waals surface area contributed by atoms with Gasteiger partial charge in [-0.05, 0) is 43.7 Å². The van der Waals surface area contributed by atoms with E-state index >= 15 is 0 Å². The highest BCUT2D eigenvalue weighted by Crippen LogP contribution is 2.19. The standard InChI is InChI=1S/C24H31N5O2/c1-4-25-24(27-15-19-7-11-21(12-8-19)26-13-14-30-3)28-16-22-17-31-23(29-22)20-9-5-18(2)6-10-20/h5-12,17,26H,4,13-16H2,1-3H3,(H2,25,27,28). The molecule has 0 aliphatic carbocycles. The number of rotatable bonds is 10. The minimum atomic E-state index is 0.531. The van der Waals surface area contributed by atoms with Crippen molar-refractivity contribution in [3.63, 3.8) is 0 Å². The number of hydrogen-bond donors (Lipinski definition) is 3. The Kier molecular flexibility index (Phi) is 8.48. The molecule has 0 bridgehead atoms. The largest absolute Gasteiger partial charge is 0.444 e. The van der Waals surface area contributed by atoms with Gasteiger partial charge < -0.3 is 25.1 Å². The van der Waals surface area contributed by atoms with Crippen molar-refractivity contribution in [2.75, 3.05) is 32.1 Å². The Morgan fingerprint density at radius 2 is 1.84 bits per heavy atom. The van der Waals surface area contributed by atoms with Crippen molar-refractivity contribution in [1.29, 1.82) is 0 Å². The van der Waals surface area contributed by atoms with Crippen LogP contribution in [0.4, 0.5) is 5.69 Å². The van der Waals surface area contributed by atoms with Crippen molar-refractivity contribution in [3.8, 4) is 11.5 Å². The Balaban J connectivity index is 1.54. The van der Waals surface area contributed by atoms with E-state index in [0.29, 0.717) is 25.6 Å². The van der Waals surface area contributed by atoms with Crippen LogP contribution in [0.25, 0.3) is 11.5 Å². The van der Waals surface area contributed by atoms with Crippen LogP contribution in [-0.2, 0) is 17.8 Å². The Morgan fingerprint density at radius 3 is 2.55 bits per heavy atom. The molecule has 3 aromatic rings. The fourth-order valence-corrected chi connectivity index (χ4v) is 2.93. The number of benzene rings is 2. The van der Waals surface area contributed by atoms with Gasteiger partial charge in [-0.1, -0.05) is 29.8 Å². The SMILES string of the molecule is CCNC(=NCc1ccc(NCCOC)cc1)NCc1coc(-c2ccc(C)cc2)n1. The van der Waals surface area contributed by atoms with Gasteiger partial charge in [0.1, 0.15) is 6.26 Å². The minimum Gasteiger partial charge on any atom is -0.444 e. The van der Waals surface area contributed by atoms with Gasteiger partial charge in [0, 0.05) is 31.5 Å². The third kappa shape index (κ3) is 7.15. The van der Waals surface area contributed by atoms with Crippen LogP contribution in [-0.4, -0.2) is 37.7 Å². The Labute approximate surface area is 184 Å². The summed E-state index contributed by atoms with van der Waals surface area (Å²) >= 11 is 0. The van der Waals surface area contributed by atoms with E-state index in [9.17, 15) is 0 Å². The van der Waals surface area contributed by atoms with Gasteiger partial charge in [-0.3, -0.25) is 0 Å². The number of aromatic nitrogens is 1. The average Bonchev–Trinajstić information content (AvgIpc) is 3.26. The summed E-state index contributed by atoms with van der Waals surface area (Å²) in [6.45, 7) is 7.47. The second-order valence-electron chi connectivity index (χ2n) is 7.18. The van der Waals surface area contributed by atoms with Gasteiger partial charge in [0.25, 0.3) is 0 Å². The first-order chi connectivity index (χ1) is 15.2. The predicted octanol–water partition coefficient (Wildman–Crippen LogP) is 3.96. The van der Waals surface area contributed by atoms with E-state index in [2.05, 4.69) is 69.2 Å². The van der Waals surface area contributed by atoms with Gasteiger partial charge in [-0.25, -0.2) is 9.98 Å². The molecule has 0 aliphatic rings. The van der Waals surface area contributed by atoms with Crippen LogP contribution in [0.3, 0.4) is 0 Å². The molecular formula is C24H31N5O2. The maximum atomic E-state index is 5.63. The number of hydrogen-bond acceptors (Lipinski definition) is 5. The molecule has 31 heavy (non-hydrogen) atoms. The summed E-state index contributed by atoms with van der Waals surface area (Å²) in [5, 5.41) is 9.90. The second kappa shape index (κ2) is 11.8. The maximum Gasteiger partial charge on any atom is 0.226 e. The van der Waals surface area contributed by atoms with Crippen LogP contribution in [0, 0.1) is 6.92 Å². The third-order valence-electron chi connectivity index (χ3n) is 4.64. The number of methoxy groups -OCH3 is 1. The number of nitrogens with zero attached hydrogens (tertiary/aromatic N) is 2. The molecule has 0 aliphatic heterocycles. The molecule has 0 saturated heterocycles. The number of nitrogens with one attached hydrogen (secondary N) is 3. The highest BCUT2D eigenvalue weighted by Gasteiger charge is 2.07. The number of guanidine groups is 1. The zero-order valence-corrected chi connectivity index (χ0v) is 18.4. The number of anilines is 1. The van der Waals surface area contributed by atoms with E-state index in [-0.39, 0.29) is 0 Å².